The summed E-state index contributed by atoms with van der Waals surface area (Å²) in [5.74, 6) is 1.59. The quantitative estimate of drug-likeness (QED) is 0.448. The van der Waals surface area contributed by atoms with E-state index in [0.717, 1.165) is 12.8 Å². The number of fused-ring (bicyclic) bond motifs is 1. The fraction of sp³-hybridized carbons (Fsp3) is 0.429. The van der Waals surface area contributed by atoms with Gasteiger partial charge in [0.15, 0.2) is 0 Å². The lowest BCUT2D eigenvalue weighted by molar-refractivity contribution is -0.384. The van der Waals surface area contributed by atoms with Gasteiger partial charge >= 0.3 is 0 Å². The molecular formula is C21H23N3O5. The molecule has 1 aromatic carbocycles. The van der Waals surface area contributed by atoms with E-state index in [1.165, 1.54) is 32.2 Å². The molecule has 29 heavy (non-hydrogen) atoms. The number of amides is 1. The average Bonchev–Trinajstić information content (AvgIpc) is 3.08. The van der Waals surface area contributed by atoms with E-state index >= 15 is 0 Å². The van der Waals surface area contributed by atoms with Crippen LogP contribution < -0.4 is 10.2 Å². The van der Waals surface area contributed by atoms with Gasteiger partial charge in [-0.2, -0.15) is 5.10 Å². The molecule has 1 aromatic heterocycles. The Morgan fingerprint density at radius 3 is 2.90 bits per heavy atom. The Bertz CT molecular complexity index is 982. The Labute approximate surface area is 168 Å². The Kier molecular flexibility index (Phi) is 4.86. The molecule has 2 aliphatic carbocycles. The van der Waals surface area contributed by atoms with Gasteiger partial charge in [-0.15, -0.1) is 0 Å². The van der Waals surface area contributed by atoms with Crippen molar-refractivity contribution in [3.8, 4) is 17.1 Å². The number of nitrogens with one attached hydrogen (secondary N) is 1. The third kappa shape index (κ3) is 3.50. The van der Waals surface area contributed by atoms with Crippen molar-refractivity contribution in [2.75, 3.05) is 7.11 Å². The molecule has 0 saturated heterocycles. The number of nitro benzene ring substituents is 1. The maximum Gasteiger partial charge on any atom is 0.284 e. The van der Waals surface area contributed by atoms with Gasteiger partial charge in [0.2, 0.25) is 5.91 Å². The van der Waals surface area contributed by atoms with E-state index in [2.05, 4.69) is 17.5 Å². The monoisotopic (exact) mass is 397 g/mol. The van der Waals surface area contributed by atoms with Gasteiger partial charge < -0.3 is 9.15 Å². The molecule has 0 aliphatic heterocycles. The fourth-order valence-corrected chi connectivity index (χ4v) is 4.64. The summed E-state index contributed by atoms with van der Waals surface area (Å²) < 4.78 is 10.7. The van der Waals surface area contributed by atoms with Crippen LogP contribution in [-0.2, 0) is 4.79 Å². The molecule has 0 spiro atoms. The first kappa shape index (κ1) is 19.2. The van der Waals surface area contributed by atoms with Crippen molar-refractivity contribution >= 4 is 17.8 Å². The van der Waals surface area contributed by atoms with E-state index in [9.17, 15) is 14.9 Å². The second-order valence-corrected chi connectivity index (χ2v) is 7.91. The van der Waals surface area contributed by atoms with E-state index < -0.39 is 4.92 Å². The number of ether oxygens (including phenoxy) is 1. The Morgan fingerprint density at radius 1 is 1.38 bits per heavy atom. The zero-order chi connectivity index (χ0) is 20.6. The van der Waals surface area contributed by atoms with Gasteiger partial charge in [0.25, 0.3) is 5.69 Å². The van der Waals surface area contributed by atoms with Gasteiger partial charge in [0, 0.05) is 5.92 Å². The predicted molar refractivity (Wildman–Crippen MR) is 107 cm³/mol. The number of nitrogens with zero attached hydrogens (tertiary/aromatic N) is 2. The summed E-state index contributed by atoms with van der Waals surface area (Å²) >= 11 is 0. The van der Waals surface area contributed by atoms with Crippen LogP contribution in [0.2, 0.25) is 0 Å². The molecule has 2 aromatic rings. The van der Waals surface area contributed by atoms with Crippen molar-refractivity contribution < 1.29 is 18.9 Å². The summed E-state index contributed by atoms with van der Waals surface area (Å²) in [6, 6.07) is 7.84. The average molecular weight is 397 g/mol. The number of hydrogen-bond donors (Lipinski definition) is 1. The molecule has 1 amide bonds. The van der Waals surface area contributed by atoms with Gasteiger partial charge in [-0.3, -0.25) is 14.9 Å². The number of nitro groups is 1. The van der Waals surface area contributed by atoms with Crippen LogP contribution in [0.5, 0.6) is 5.75 Å². The molecule has 2 saturated carbocycles. The van der Waals surface area contributed by atoms with Gasteiger partial charge in [-0.05, 0) is 48.4 Å². The summed E-state index contributed by atoms with van der Waals surface area (Å²) in [6.45, 7) is 2.19. The number of rotatable bonds is 6. The van der Waals surface area contributed by atoms with Crippen LogP contribution in [0, 0.1) is 27.4 Å². The molecule has 8 heteroatoms. The minimum absolute atomic E-state index is 0.0382. The molecule has 4 rings (SSSR count). The van der Waals surface area contributed by atoms with Crippen LogP contribution in [0.3, 0.4) is 0 Å². The first-order valence-corrected chi connectivity index (χ1v) is 9.69. The number of carbonyl (C=O) groups is 1. The van der Waals surface area contributed by atoms with E-state index in [1.807, 2.05) is 0 Å². The Balaban J connectivity index is 1.44. The molecule has 152 valence electrons. The minimum atomic E-state index is -0.482. The molecule has 8 nitrogen and oxygen atoms in total. The number of furan rings is 1. The third-order valence-electron chi connectivity index (χ3n) is 6.27. The second kappa shape index (κ2) is 7.35. The molecule has 0 bridgehead atoms. The van der Waals surface area contributed by atoms with Gasteiger partial charge in [0.05, 0.1) is 29.9 Å². The summed E-state index contributed by atoms with van der Waals surface area (Å²) in [5.41, 5.74) is 2.97. The van der Waals surface area contributed by atoms with Crippen molar-refractivity contribution in [1.29, 1.82) is 0 Å². The van der Waals surface area contributed by atoms with Gasteiger partial charge in [0.1, 0.15) is 17.3 Å². The minimum Gasteiger partial charge on any atom is -0.497 e. The van der Waals surface area contributed by atoms with Crippen molar-refractivity contribution in [2.45, 2.75) is 32.6 Å². The zero-order valence-electron chi connectivity index (χ0n) is 16.4. The number of benzene rings is 1. The summed E-state index contributed by atoms with van der Waals surface area (Å²) in [4.78, 5) is 23.3. The largest absolute Gasteiger partial charge is 0.497 e. The summed E-state index contributed by atoms with van der Waals surface area (Å²) in [7, 11) is 1.45. The molecular weight excluding hydrogens is 374 g/mol. The predicted octanol–water partition coefficient (Wildman–Crippen LogP) is 4.14. The second-order valence-electron chi connectivity index (χ2n) is 7.91. The lowest BCUT2D eigenvalue weighted by Gasteiger charge is -2.15. The lowest BCUT2D eigenvalue weighted by atomic mass is 9.90. The fourth-order valence-electron chi connectivity index (χ4n) is 4.64. The highest BCUT2D eigenvalue weighted by Crippen LogP contribution is 2.66. The SMILES string of the molecule is COc1ccc(-c2ccc(/C=N\NC(=O)[C@@H]3[C@H]4CCCC[C@]43C)o2)c([N+](=O)[O-])c1. The van der Waals surface area contributed by atoms with Crippen LogP contribution in [0.15, 0.2) is 39.9 Å². The zero-order valence-corrected chi connectivity index (χ0v) is 16.4. The van der Waals surface area contributed by atoms with Crippen molar-refractivity contribution in [3.63, 3.8) is 0 Å². The van der Waals surface area contributed by atoms with Gasteiger partial charge in [-0.1, -0.05) is 19.8 Å². The molecule has 0 unspecified atom stereocenters. The topological polar surface area (TPSA) is 107 Å². The molecule has 1 heterocycles. The Morgan fingerprint density at radius 2 is 2.21 bits per heavy atom. The smallest absolute Gasteiger partial charge is 0.284 e. The molecule has 2 fully saturated rings. The normalized spacial score (nSPS) is 25.4. The van der Waals surface area contributed by atoms with Crippen molar-refractivity contribution in [3.05, 3.63) is 46.2 Å². The highest BCUT2D eigenvalue weighted by Gasteiger charge is 2.64. The van der Waals surface area contributed by atoms with Crippen LogP contribution in [0.4, 0.5) is 5.69 Å². The van der Waals surface area contributed by atoms with E-state index in [-0.39, 0.29) is 22.9 Å². The molecule has 0 radical (unpaired) electrons. The first-order chi connectivity index (χ1) is 13.9. The maximum atomic E-state index is 12.4. The van der Waals surface area contributed by atoms with Crippen molar-refractivity contribution in [2.24, 2.45) is 22.4 Å². The van der Waals surface area contributed by atoms with Gasteiger partial charge in [-0.25, -0.2) is 5.43 Å². The highest BCUT2D eigenvalue weighted by atomic mass is 16.6. The Hall–Kier alpha value is -3.16. The number of hydrogen-bond acceptors (Lipinski definition) is 6. The van der Waals surface area contributed by atoms with E-state index in [1.54, 1.807) is 24.3 Å². The van der Waals surface area contributed by atoms with E-state index in [0.29, 0.717) is 28.8 Å². The van der Waals surface area contributed by atoms with Crippen LogP contribution in [0.1, 0.15) is 38.4 Å². The summed E-state index contributed by atoms with van der Waals surface area (Å²) in [6.07, 6.45) is 6.00. The number of hydrazone groups is 1. The highest BCUT2D eigenvalue weighted by molar-refractivity contribution is 5.85. The molecule has 2 aliphatic rings. The maximum absolute atomic E-state index is 12.4. The molecule has 1 N–H and O–H groups in total. The summed E-state index contributed by atoms with van der Waals surface area (Å²) in [5, 5.41) is 15.4. The standard InChI is InChI=1S/C21H23N3O5/c1-21-10-4-3-5-16(21)19(21)20(25)23-22-12-14-7-9-18(29-14)15-8-6-13(28-2)11-17(15)24(26)27/h6-9,11-12,16,19H,3-5,10H2,1-2H3,(H,23,25)/b22-12-/t16-,19+,21-/m1/s1. The molecule has 3 atom stereocenters. The first-order valence-electron chi connectivity index (χ1n) is 9.69. The van der Waals surface area contributed by atoms with E-state index in [4.69, 9.17) is 9.15 Å². The number of carbonyl (C=O) groups excluding carboxylic acids is 1. The third-order valence-corrected chi connectivity index (χ3v) is 6.27. The van der Waals surface area contributed by atoms with Crippen LogP contribution >= 0.6 is 0 Å². The lowest BCUT2D eigenvalue weighted by Crippen LogP contribution is -2.22. The van der Waals surface area contributed by atoms with Crippen molar-refractivity contribution in [1.82, 2.24) is 5.43 Å². The number of methoxy groups -OCH3 is 1. The van der Waals surface area contributed by atoms with Crippen LogP contribution in [-0.4, -0.2) is 24.2 Å². The van der Waals surface area contributed by atoms with Crippen LogP contribution in [0.25, 0.3) is 11.3 Å².